The van der Waals surface area contributed by atoms with Crippen LogP contribution in [0.5, 0.6) is 0 Å². The number of aromatic amines is 1. The summed E-state index contributed by atoms with van der Waals surface area (Å²) < 4.78 is 1.02. The van der Waals surface area contributed by atoms with Gasteiger partial charge in [-0.3, -0.25) is 4.79 Å². The van der Waals surface area contributed by atoms with Crippen LogP contribution in [0.3, 0.4) is 0 Å². The quantitative estimate of drug-likeness (QED) is 0.870. The Morgan fingerprint density at radius 1 is 1.44 bits per heavy atom. The Balaban J connectivity index is 1.96. The van der Waals surface area contributed by atoms with Gasteiger partial charge in [0, 0.05) is 27.5 Å². The number of benzene rings is 1. The Bertz CT molecular complexity index is 557. The van der Waals surface area contributed by atoms with Crippen molar-refractivity contribution < 1.29 is 4.79 Å². The molecule has 0 saturated heterocycles. The van der Waals surface area contributed by atoms with Gasteiger partial charge in [-0.2, -0.15) is 0 Å². The van der Waals surface area contributed by atoms with E-state index in [0.29, 0.717) is 0 Å². The molecule has 1 aromatic heterocycles. The van der Waals surface area contributed by atoms with Gasteiger partial charge in [-0.25, -0.2) is 0 Å². The molecular formula is C12H11BrN2O. The van der Waals surface area contributed by atoms with Crippen molar-refractivity contribution in [2.75, 3.05) is 5.32 Å². The molecule has 2 aromatic rings. The van der Waals surface area contributed by atoms with Crippen molar-refractivity contribution in [1.82, 2.24) is 4.98 Å². The number of H-pyrrole nitrogens is 1. The van der Waals surface area contributed by atoms with Crippen LogP contribution in [0.15, 0.2) is 28.9 Å². The maximum absolute atomic E-state index is 11.7. The second kappa shape index (κ2) is 3.63. The van der Waals surface area contributed by atoms with Gasteiger partial charge in [0.15, 0.2) is 0 Å². The summed E-state index contributed by atoms with van der Waals surface area (Å²) in [5.74, 6) is 0.373. The van der Waals surface area contributed by atoms with Crippen molar-refractivity contribution in [3.8, 4) is 0 Å². The van der Waals surface area contributed by atoms with E-state index >= 15 is 0 Å². The van der Waals surface area contributed by atoms with E-state index in [1.807, 2.05) is 24.4 Å². The highest BCUT2D eigenvalue weighted by atomic mass is 79.9. The fraction of sp³-hybridized carbons (Fsp3) is 0.250. The zero-order valence-corrected chi connectivity index (χ0v) is 10.2. The molecule has 0 atom stereocenters. The smallest absolute Gasteiger partial charge is 0.227 e. The summed E-state index contributed by atoms with van der Waals surface area (Å²) >= 11 is 3.43. The highest BCUT2D eigenvalue weighted by Crippen LogP contribution is 2.32. The van der Waals surface area contributed by atoms with Crippen molar-refractivity contribution >= 4 is 38.4 Å². The van der Waals surface area contributed by atoms with Crippen LogP contribution in [0, 0.1) is 5.92 Å². The first-order chi connectivity index (χ1) is 7.74. The van der Waals surface area contributed by atoms with Crippen molar-refractivity contribution in [3.05, 3.63) is 28.9 Å². The molecule has 3 rings (SSSR count). The second-order valence-corrected chi connectivity index (χ2v) is 5.07. The fourth-order valence-corrected chi connectivity index (χ4v) is 2.14. The third-order valence-electron chi connectivity index (χ3n) is 2.85. The van der Waals surface area contributed by atoms with E-state index in [1.54, 1.807) is 0 Å². The number of halogens is 1. The normalized spacial score (nSPS) is 15.3. The molecule has 82 valence electrons. The summed E-state index contributed by atoms with van der Waals surface area (Å²) in [6.45, 7) is 0. The van der Waals surface area contributed by atoms with E-state index in [0.717, 1.165) is 33.9 Å². The van der Waals surface area contributed by atoms with E-state index in [9.17, 15) is 4.79 Å². The minimum absolute atomic E-state index is 0.140. The minimum atomic E-state index is 0.140. The summed E-state index contributed by atoms with van der Waals surface area (Å²) in [6, 6.07) is 5.98. The number of fused-ring (bicyclic) bond motifs is 1. The Kier molecular flexibility index (Phi) is 2.24. The standard InChI is InChI=1S/C12H11BrN2O/c13-8-3-4-10-9(5-8)11(6-14-10)15-12(16)7-1-2-7/h3-7,14H,1-2H2,(H,15,16). The molecular weight excluding hydrogens is 268 g/mol. The average molecular weight is 279 g/mol. The van der Waals surface area contributed by atoms with Gasteiger partial charge in [0.05, 0.1) is 5.69 Å². The Labute approximate surface area is 101 Å². The zero-order valence-electron chi connectivity index (χ0n) is 8.59. The molecule has 1 heterocycles. The number of anilines is 1. The molecule has 2 N–H and O–H groups in total. The first-order valence-corrected chi connectivity index (χ1v) is 6.11. The molecule has 1 aliphatic carbocycles. The molecule has 3 nitrogen and oxygen atoms in total. The van der Waals surface area contributed by atoms with Crippen molar-refractivity contribution in [2.24, 2.45) is 5.92 Å². The van der Waals surface area contributed by atoms with E-state index in [2.05, 4.69) is 26.2 Å². The SMILES string of the molecule is O=C(Nc1c[nH]c2ccc(Br)cc12)C1CC1. The summed E-state index contributed by atoms with van der Waals surface area (Å²) in [4.78, 5) is 14.8. The lowest BCUT2D eigenvalue weighted by molar-refractivity contribution is -0.117. The van der Waals surface area contributed by atoms with Gasteiger partial charge in [-0.1, -0.05) is 15.9 Å². The van der Waals surface area contributed by atoms with Gasteiger partial charge < -0.3 is 10.3 Å². The third-order valence-corrected chi connectivity index (χ3v) is 3.34. The Morgan fingerprint density at radius 3 is 3.00 bits per heavy atom. The van der Waals surface area contributed by atoms with Gasteiger partial charge in [-0.05, 0) is 31.0 Å². The monoisotopic (exact) mass is 278 g/mol. The van der Waals surface area contributed by atoms with E-state index in [1.165, 1.54) is 0 Å². The van der Waals surface area contributed by atoms with E-state index in [-0.39, 0.29) is 11.8 Å². The molecule has 1 aliphatic rings. The number of carbonyl (C=O) groups excluding carboxylic acids is 1. The van der Waals surface area contributed by atoms with Crippen LogP contribution in [0.1, 0.15) is 12.8 Å². The van der Waals surface area contributed by atoms with Crippen molar-refractivity contribution in [3.63, 3.8) is 0 Å². The first-order valence-electron chi connectivity index (χ1n) is 5.31. The number of carbonyl (C=O) groups is 1. The van der Waals surface area contributed by atoms with Crippen LogP contribution in [-0.2, 0) is 4.79 Å². The lowest BCUT2D eigenvalue weighted by Gasteiger charge is -2.02. The molecule has 4 heteroatoms. The molecule has 1 amide bonds. The summed E-state index contributed by atoms with van der Waals surface area (Å²) in [5, 5.41) is 4.01. The highest BCUT2D eigenvalue weighted by Gasteiger charge is 2.29. The number of aromatic nitrogens is 1. The van der Waals surface area contributed by atoms with Crippen molar-refractivity contribution in [1.29, 1.82) is 0 Å². The van der Waals surface area contributed by atoms with Crippen LogP contribution in [-0.4, -0.2) is 10.9 Å². The predicted molar refractivity (Wildman–Crippen MR) is 67.4 cm³/mol. The maximum Gasteiger partial charge on any atom is 0.227 e. The molecule has 1 saturated carbocycles. The van der Waals surface area contributed by atoms with Gasteiger partial charge in [0.1, 0.15) is 0 Å². The number of hydrogen-bond donors (Lipinski definition) is 2. The topological polar surface area (TPSA) is 44.9 Å². The molecule has 0 radical (unpaired) electrons. The molecule has 0 aliphatic heterocycles. The van der Waals surface area contributed by atoms with Gasteiger partial charge in [0.25, 0.3) is 0 Å². The number of hydrogen-bond acceptors (Lipinski definition) is 1. The van der Waals surface area contributed by atoms with Gasteiger partial charge in [-0.15, -0.1) is 0 Å². The van der Waals surface area contributed by atoms with E-state index < -0.39 is 0 Å². The average Bonchev–Trinajstić information content (AvgIpc) is 3.04. The fourth-order valence-electron chi connectivity index (χ4n) is 1.78. The summed E-state index contributed by atoms with van der Waals surface area (Å²) in [5.41, 5.74) is 1.91. The van der Waals surface area contributed by atoms with E-state index in [4.69, 9.17) is 0 Å². The Morgan fingerprint density at radius 2 is 2.25 bits per heavy atom. The predicted octanol–water partition coefficient (Wildman–Crippen LogP) is 3.28. The number of rotatable bonds is 2. The largest absolute Gasteiger partial charge is 0.359 e. The van der Waals surface area contributed by atoms with Gasteiger partial charge in [0.2, 0.25) is 5.91 Å². The first kappa shape index (κ1) is 9.90. The molecule has 1 fully saturated rings. The van der Waals surface area contributed by atoms with Gasteiger partial charge >= 0.3 is 0 Å². The van der Waals surface area contributed by atoms with Crippen LogP contribution >= 0.6 is 15.9 Å². The zero-order chi connectivity index (χ0) is 11.1. The molecule has 0 unspecified atom stereocenters. The lowest BCUT2D eigenvalue weighted by Crippen LogP contribution is -2.12. The lowest BCUT2D eigenvalue weighted by atomic mass is 10.2. The highest BCUT2D eigenvalue weighted by molar-refractivity contribution is 9.10. The Hall–Kier alpha value is -1.29. The molecule has 0 bridgehead atoms. The number of nitrogens with one attached hydrogen (secondary N) is 2. The molecule has 0 spiro atoms. The summed E-state index contributed by atoms with van der Waals surface area (Å²) in [6.07, 6.45) is 3.90. The van der Waals surface area contributed by atoms with Crippen LogP contribution < -0.4 is 5.32 Å². The second-order valence-electron chi connectivity index (χ2n) is 4.16. The van der Waals surface area contributed by atoms with Crippen LogP contribution in [0.4, 0.5) is 5.69 Å². The third kappa shape index (κ3) is 1.73. The number of amides is 1. The molecule has 1 aromatic carbocycles. The van der Waals surface area contributed by atoms with Crippen molar-refractivity contribution in [2.45, 2.75) is 12.8 Å². The van der Waals surface area contributed by atoms with Crippen LogP contribution in [0.2, 0.25) is 0 Å². The minimum Gasteiger partial charge on any atom is -0.359 e. The summed E-state index contributed by atoms with van der Waals surface area (Å²) in [7, 11) is 0. The molecule has 16 heavy (non-hydrogen) atoms. The van der Waals surface area contributed by atoms with Crippen LogP contribution in [0.25, 0.3) is 10.9 Å². The maximum atomic E-state index is 11.7.